The van der Waals surface area contributed by atoms with Crippen molar-refractivity contribution in [2.45, 2.75) is 6.92 Å². The number of rotatable bonds is 3. The first-order valence-electron chi connectivity index (χ1n) is 5.30. The van der Waals surface area contributed by atoms with Crippen molar-refractivity contribution in [2.75, 3.05) is 5.32 Å². The number of hydrogen-bond donors (Lipinski definition) is 1. The molecule has 1 N–H and O–H groups in total. The Morgan fingerprint density at radius 1 is 1.32 bits per heavy atom. The largest absolute Gasteiger partial charge is 0.340 e. The Kier molecular flexibility index (Phi) is 3.62. The van der Waals surface area contributed by atoms with Crippen LogP contribution in [0.1, 0.15) is 5.56 Å². The fourth-order valence-corrected chi connectivity index (χ4v) is 1.81. The van der Waals surface area contributed by atoms with Crippen LogP contribution in [0.3, 0.4) is 0 Å². The van der Waals surface area contributed by atoms with Gasteiger partial charge in [-0.15, -0.1) is 0 Å². The van der Waals surface area contributed by atoms with Gasteiger partial charge in [-0.25, -0.2) is 9.37 Å². The molecule has 1 heterocycles. The minimum atomic E-state index is -0.574. The summed E-state index contributed by atoms with van der Waals surface area (Å²) in [6.07, 6.45) is 0. The second-order valence-corrected chi connectivity index (χ2v) is 4.32. The number of nitro groups is 1. The maximum absolute atomic E-state index is 13.2. The molecule has 2 aromatic rings. The topological polar surface area (TPSA) is 68.1 Å². The lowest BCUT2D eigenvalue weighted by molar-refractivity contribution is -0.384. The van der Waals surface area contributed by atoms with Crippen molar-refractivity contribution in [3.05, 3.63) is 57.0 Å². The molecule has 98 valence electrons. The van der Waals surface area contributed by atoms with Gasteiger partial charge in [-0.3, -0.25) is 10.1 Å². The quantitative estimate of drug-likeness (QED) is 0.527. The molecule has 2 rings (SSSR count). The zero-order valence-electron chi connectivity index (χ0n) is 9.85. The molecule has 0 atom stereocenters. The van der Waals surface area contributed by atoms with Crippen LogP contribution in [0.15, 0.2) is 30.3 Å². The van der Waals surface area contributed by atoms with Gasteiger partial charge in [0.25, 0.3) is 5.69 Å². The number of nitrogens with one attached hydrogen (secondary N) is 1. The van der Waals surface area contributed by atoms with Crippen molar-refractivity contribution < 1.29 is 9.31 Å². The SMILES string of the molecule is Cc1cc(F)cc(Nc2cc([N+](=O)[O-])cc(Cl)n2)c1. The summed E-state index contributed by atoms with van der Waals surface area (Å²) in [6.45, 7) is 1.74. The molecule has 7 heteroatoms. The molecule has 5 nitrogen and oxygen atoms in total. The molecule has 0 saturated heterocycles. The van der Waals surface area contributed by atoms with Crippen LogP contribution in [0.5, 0.6) is 0 Å². The van der Waals surface area contributed by atoms with Crippen molar-refractivity contribution in [2.24, 2.45) is 0 Å². The van der Waals surface area contributed by atoms with Crippen LogP contribution in [-0.4, -0.2) is 9.91 Å². The van der Waals surface area contributed by atoms with Gasteiger partial charge in [0.1, 0.15) is 16.8 Å². The molecule has 19 heavy (non-hydrogen) atoms. The van der Waals surface area contributed by atoms with Crippen molar-refractivity contribution in [1.82, 2.24) is 4.98 Å². The van der Waals surface area contributed by atoms with Gasteiger partial charge in [-0.05, 0) is 30.7 Å². The fourth-order valence-electron chi connectivity index (χ4n) is 1.61. The lowest BCUT2D eigenvalue weighted by atomic mass is 10.2. The number of aromatic nitrogens is 1. The molecular weight excluding hydrogens is 273 g/mol. The molecule has 0 fully saturated rings. The summed E-state index contributed by atoms with van der Waals surface area (Å²) in [4.78, 5) is 14.0. The Balaban J connectivity index is 2.35. The van der Waals surface area contributed by atoms with Gasteiger partial charge in [0, 0.05) is 5.69 Å². The molecule has 0 aliphatic rings. The van der Waals surface area contributed by atoms with Gasteiger partial charge in [0.15, 0.2) is 0 Å². The van der Waals surface area contributed by atoms with Crippen molar-refractivity contribution in [1.29, 1.82) is 0 Å². The Bertz CT molecular complexity index is 629. The molecule has 0 bridgehead atoms. The van der Waals surface area contributed by atoms with E-state index in [1.165, 1.54) is 18.2 Å². The van der Waals surface area contributed by atoms with Gasteiger partial charge in [-0.2, -0.15) is 0 Å². The van der Waals surface area contributed by atoms with Crippen LogP contribution >= 0.6 is 11.6 Å². The van der Waals surface area contributed by atoms with Crippen molar-refractivity contribution >= 4 is 28.8 Å². The van der Waals surface area contributed by atoms with Crippen LogP contribution < -0.4 is 5.32 Å². The van der Waals surface area contributed by atoms with E-state index in [9.17, 15) is 14.5 Å². The van der Waals surface area contributed by atoms with E-state index < -0.39 is 10.7 Å². The van der Waals surface area contributed by atoms with Crippen LogP contribution in [-0.2, 0) is 0 Å². The first-order chi connectivity index (χ1) is 8.94. The third-order valence-electron chi connectivity index (χ3n) is 2.30. The average Bonchev–Trinajstić information content (AvgIpc) is 2.26. The van der Waals surface area contributed by atoms with Crippen LogP contribution in [0, 0.1) is 22.9 Å². The van der Waals surface area contributed by atoms with E-state index in [2.05, 4.69) is 10.3 Å². The number of hydrogen-bond acceptors (Lipinski definition) is 4. The summed E-state index contributed by atoms with van der Waals surface area (Å²) >= 11 is 5.69. The van der Waals surface area contributed by atoms with E-state index in [4.69, 9.17) is 11.6 Å². The molecule has 0 aliphatic heterocycles. The number of anilines is 2. The standard InChI is InChI=1S/C12H9ClFN3O2/c1-7-2-8(14)4-9(3-7)15-12-6-10(17(18)19)5-11(13)16-12/h2-6H,1H3,(H,15,16). The maximum Gasteiger partial charge on any atom is 0.276 e. The molecule has 0 unspecified atom stereocenters. The number of benzene rings is 1. The molecule has 0 aliphatic carbocycles. The van der Waals surface area contributed by atoms with E-state index in [1.54, 1.807) is 13.0 Å². The number of pyridine rings is 1. The van der Waals surface area contributed by atoms with Gasteiger partial charge in [0.2, 0.25) is 0 Å². The number of halogens is 2. The molecule has 1 aromatic heterocycles. The van der Waals surface area contributed by atoms with E-state index in [0.717, 1.165) is 11.6 Å². The number of nitrogens with zero attached hydrogens (tertiary/aromatic N) is 2. The Labute approximate surface area is 113 Å². The maximum atomic E-state index is 13.2. The second kappa shape index (κ2) is 5.19. The first-order valence-corrected chi connectivity index (χ1v) is 5.68. The molecular formula is C12H9ClFN3O2. The highest BCUT2D eigenvalue weighted by atomic mass is 35.5. The van der Waals surface area contributed by atoms with Gasteiger partial charge in [0.05, 0.1) is 17.1 Å². The predicted octanol–water partition coefficient (Wildman–Crippen LogP) is 3.83. The zero-order valence-corrected chi connectivity index (χ0v) is 10.6. The monoisotopic (exact) mass is 281 g/mol. The van der Waals surface area contributed by atoms with Crippen molar-refractivity contribution in [3.8, 4) is 0 Å². The van der Waals surface area contributed by atoms with Crippen LogP contribution in [0.2, 0.25) is 5.15 Å². The smallest absolute Gasteiger partial charge is 0.276 e. The van der Waals surface area contributed by atoms with E-state index >= 15 is 0 Å². The summed E-state index contributed by atoms with van der Waals surface area (Å²) < 4.78 is 13.2. The summed E-state index contributed by atoms with van der Waals surface area (Å²) in [5.41, 5.74) is 0.983. The summed E-state index contributed by atoms with van der Waals surface area (Å²) in [5.74, 6) is -0.219. The summed E-state index contributed by atoms with van der Waals surface area (Å²) in [7, 11) is 0. The predicted molar refractivity (Wildman–Crippen MR) is 70.3 cm³/mol. The molecule has 0 saturated carbocycles. The van der Waals surface area contributed by atoms with E-state index in [0.29, 0.717) is 5.69 Å². The fraction of sp³-hybridized carbons (Fsp3) is 0.0833. The summed E-state index contributed by atoms with van der Waals surface area (Å²) in [5, 5.41) is 13.5. The Morgan fingerprint density at radius 3 is 2.68 bits per heavy atom. The molecule has 1 aromatic carbocycles. The highest BCUT2D eigenvalue weighted by molar-refractivity contribution is 6.29. The third kappa shape index (κ3) is 3.38. The van der Waals surface area contributed by atoms with Crippen molar-refractivity contribution in [3.63, 3.8) is 0 Å². The van der Waals surface area contributed by atoms with Gasteiger partial charge in [-0.1, -0.05) is 11.6 Å². The van der Waals surface area contributed by atoms with E-state index in [1.807, 2.05) is 0 Å². The Morgan fingerprint density at radius 2 is 2.05 bits per heavy atom. The molecule has 0 radical (unpaired) electrons. The van der Waals surface area contributed by atoms with Crippen LogP contribution in [0.25, 0.3) is 0 Å². The lowest BCUT2D eigenvalue weighted by Crippen LogP contribution is -1.97. The molecule has 0 spiro atoms. The summed E-state index contributed by atoms with van der Waals surface area (Å²) in [6, 6.07) is 6.70. The second-order valence-electron chi connectivity index (χ2n) is 3.93. The third-order valence-corrected chi connectivity index (χ3v) is 2.50. The zero-order chi connectivity index (χ0) is 14.0. The van der Waals surface area contributed by atoms with Crippen LogP contribution in [0.4, 0.5) is 21.6 Å². The normalized spacial score (nSPS) is 10.3. The van der Waals surface area contributed by atoms with Gasteiger partial charge < -0.3 is 5.32 Å². The molecule has 0 amide bonds. The average molecular weight is 282 g/mol. The highest BCUT2D eigenvalue weighted by Gasteiger charge is 2.10. The Hall–Kier alpha value is -2.21. The first kappa shape index (κ1) is 13.2. The van der Waals surface area contributed by atoms with Gasteiger partial charge >= 0.3 is 0 Å². The number of aryl methyl sites for hydroxylation is 1. The lowest BCUT2D eigenvalue weighted by Gasteiger charge is -2.07. The van der Waals surface area contributed by atoms with E-state index in [-0.39, 0.29) is 16.7 Å². The highest BCUT2D eigenvalue weighted by Crippen LogP contribution is 2.24. The minimum Gasteiger partial charge on any atom is -0.340 e. The minimum absolute atomic E-state index is 0.00942.